The van der Waals surface area contributed by atoms with Crippen LogP contribution in [-0.4, -0.2) is 27.6 Å². The van der Waals surface area contributed by atoms with Gasteiger partial charge in [-0.2, -0.15) is 0 Å². The van der Waals surface area contributed by atoms with Gasteiger partial charge in [-0.3, -0.25) is 0 Å². The summed E-state index contributed by atoms with van der Waals surface area (Å²) in [5.41, 5.74) is 3.04. The lowest BCUT2D eigenvalue weighted by molar-refractivity contribution is -0.117. The maximum atomic E-state index is 2.58. The van der Waals surface area contributed by atoms with Crippen molar-refractivity contribution < 1.29 is 0 Å². The second-order valence-electron chi connectivity index (χ2n) is 6.96. The predicted molar refractivity (Wildman–Crippen MR) is 80.4 cm³/mol. The third kappa shape index (κ3) is 1.99. The molecule has 1 fully saturated rings. The molecule has 0 saturated carbocycles. The number of rotatable bonds is 1. The normalized spacial score (nSPS) is 27.6. The van der Waals surface area contributed by atoms with Gasteiger partial charge in [0, 0.05) is 12.1 Å². The van der Waals surface area contributed by atoms with E-state index in [4.69, 9.17) is 0 Å². The highest BCUT2D eigenvalue weighted by Gasteiger charge is 2.49. The fraction of sp³-hybridized carbons (Fsp3) is 0.529. The van der Waals surface area contributed by atoms with Gasteiger partial charge in [-0.1, -0.05) is 30.3 Å². The Morgan fingerprint density at radius 2 is 1.79 bits per heavy atom. The first-order valence-electron chi connectivity index (χ1n) is 7.28. The molecule has 0 aromatic heterocycles. The lowest BCUT2D eigenvalue weighted by Crippen LogP contribution is -2.61. The first kappa shape index (κ1) is 12.7. The van der Waals surface area contributed by atoms with Crippen LogP contribution in [0.25, 0.3) is 5.70 Å². The maximum Gasteiger partial charge on any atom is 0.0585 e. The molecule has 2 bridgehead atoms. The van der Waals surface area contributed by atoms with Crippen molar-refractivity contribution in [1.29, 1.82) is 0 Å². The molecule has 0 spiro atoms. The third-order valence-corrected chi connectivity index (χ3v) is 4.21. The van der Waals surface area contributed by atoms with Gasteiger partial charge in [-0.15, -0.1) is 0 Å². The Morgan fingerprint density at radius 1 is 1.11 bits per heavy atom. The molecular formula is C17H24N2. The molecule has 2 heteroatoms. The van der Waals surface area contributed by atoms with Gasteiger partial charge in [0.05, 0.1) is 11.2 Å². The number of hydrogen-bond acceptors (Lipinski definition) is 2. The molecule has 2 heterocycles. The highest BCUT2D eigenvalue weighted by atomic mass is 15.7. The Hall–Kier alpha value is -1.28. The summed E-state index contributed by atoms with van der Waals surface area (Å²) < 4.78 is 0. The fourth-order valence-electron chi connectivity index (χ4n) is 3.77. The second-order valence-corrected chi connectivity index (χ2v) is 6.96. The zero-order valence-corrected chi connectivity index (χ0v) is 12.5. The Bertz CT molecular complexity index is 498. The molecule has 2 aliphatic heterocycles. The first-order valence-corrected chi connectivity index (χ1v) is 7.28. The zero-order chi connectivity index (χ0) is 13.7. The fourth-order valence-corrected chi connectivity index (χ4v) is 3.77. The van der Waals surface area contributed by atoms with E-state index in [1.807, 2.05) is 0 Å². The number of hydrogen-bond donors (Lipinski definition) is 0. The first-order chi connectivity index (χ1) is 8.92. The number of hydrazine groups is 1. The van der Waals surface area contributed by atoms with Gasteiger partial charge < -0.3 is 5.01 Å². The van der Waals surface area contributed by atoms with Gasteiger partial charge in [-0.05, 0) is 52.2 Å². The highest BCUT2D eigenvalue weighted by molar-refractivity contribution is 5.67. The molecule has 102 valence electrons. The molecule has 1 unspecified atom stereocenters. The molecule has 0 N–H and O–H groups in total. The summed E-state index contributed by atoms with van der Waals surface area (Å²) in [4.78, 5) is 0. The van der Waals surface area contributed by atoms with Gasteiger partial charge in [0.25, 0.3) is 0 Å². The monoisotopic (exact) mass is 256 g/mol. The van der Waals surface area contributed by atoms with Crippen molar-refractivity contribution in [1.82, 2.24) is 10.0 Å². The van der Waals surface area contributed by atoms with E-state index >= 15 is 0 Å². The molecule has 0 radical (unpaired) electrons. The highest BCUT2D eigenvalue weighted by Crippen LogP contribution is 2.46. The van der Waals surface area contributed by atoms with E-state index in [1.54, 1.807) is 0 Å². The summed E-state index contributed by atoms with van der Waals surface area (Å²) >= 11 is 0. The van der Waals surface area contributed by atoms with E-state index in [2.05, 4.69) is 74.1 Å². The van der Waals surface area contributed by atoms with Gasteiger partial charge in [0.1, 0.15) is 0 Å². The second kappa shape index (κ2) is 4.11. The van der Waals surface area contributed by atoms with Crippen LogP contribution < -0.4 is 0 Å². The summed E-state index contributed by atoms with van der Waals surface area (Å²) in [5, 5.41) is 5.07. The van der Waals surface area contributed by atoms with Crippen LogP contribution in [0.4, 0.5) is 0 Å². The quantitative estimate of drug-likeness (QED) is 0.751. The van der Waals surface area contributed by atoms with Crippen molar-refractivity contribution in [3.63, 3.8) is 0 Å². The molecule has 3 rings (SSSR count). The van der Waals surface area contributed by atoms with Crippen LogP contribution in [0.2, 0.25) is 0 Å². The van der Waals surface area contributed by atoms with Crippen LogP contribution in [0.5, 0.6) is 0 Å². The average molecular weight is 256 g/mol. The Balaban J connectivity index is 2.05. The minimum absolute atomic E-state index is 0.155. The van der Waals surface area contributed by atoms with Crippen LogP contribution in [0.15, 0.2) is 36.4 Å². The number of nitrogens with zero attached hydrogens (tertiary/aromatic N) is 2. The van der Waals surface area contributed by atoms with Crippen molar-refractivity contribution in [3.05, 3.63) is 42.0 Å². The van der Waals surface area contributed by atoms with Crippen LogP contribution >= 0.6 is 0 Å². The molecule has 1 saturated heterocycles. The predicted octanol–water partition coefficient (Wildman–Crippen LogP) is 3.91. The molecule has 19 heavy (non-hydrogen) atoms. The SMILES string of the molecule is CC(C)(C)N1N2CCCC1(C)C=C2c1ccccc1. The Kier molecular flexibility index (Phi) is 2.75. The zero-order valence-electron chi connectivity index (χ0n) is 12.5. The van der Waals surface area contributed by atoms with E-state index in [0.29, 0.717) is 0 Å². The van der Waals surface area contributed by atoms with Crippen LogP contribution in [0, 0.1) is 0 Å². The molecule has 1 atom stereocenters. The van der Waals surface area contributed by atoms with Gasteiger partial charge in [0.2, 0.25) is 0 Å². The molecule has 0 amide bonds. The molecule has 2 nitrogen and oxygen atoms in total. The Morgan fingerprint density at radius 3 is 2.37 bits per heavy atom. The van der Waals surface area contributed by atoms with E-state index < -0.39 is 0 Å². The van der Waals surface area contributed by atoms with Crippen molar-refractivity contribution in [2.45, 2.75) is 51.6 Å². The van der Waals surface area contributed by atoms with Gasteiger partial charge in [0.15, 0.2) is 0 Å². The summed E-state index contributed by atoms with van der Waals surface area (Å²) in [7, 11) is 0. The van der Waals surface area contributed by atoms with Crippen LogP contribution in [-0.2, 0) is 0 Å². The van der Waals surface area contributed by atoms with Crippen molar-refractivity contribution in [2.24, 2.45) is 0 Å². The van der Waals surface area contributed by atoms with Gasteiger partial charge >= 0.3 is 0 Å². The minimum atomic E-state index is 0.155. The van der Waals surface area contributed by atoms with Crippen molar-refractivity contribution in [2.75, 3.05) is 6.54 Å². The lowest BCUT2D eigenvalue weighted by atomic mass is 9.90. The Labute approximate surface area is 116 Å². The van der Waals surface area contributed by atoms with Gasteiger partial charge in [-0.25, -0.2) is 5.01 Å². The average Bonchev–Trinajstić information content (AvgIpc) is 2.54. The molecular weight excluding hydrogens is 232 g/mol. The lowest BCUT2D eigenvalue weighted by Gasteiger charge is -2.52. The third-order valence-electron chi connectivity index (χ3n) is 4.21. The smallest absolute Gasteiger partial charge is 0.0585 e. The molecule has 1 aromatic rings. The van der Waals surface area contributed by atoms with Crippen molar-refractivity contribution >= 4 is 5.70 Å². The number of fused-ring (bicyclic) bond motifs is 2. The molecule has 2 aliphatic rings. The largest absolute Gasteiger partial charge is 0.304 e. The summed E-state index contributed by atoms with van der Waals surface area (Å²) in [6, 6.07) is 10.8. The maximum absolute atomic E-state index is 2.58. The summed E-state index contributed by atoms with van der Waals surface area (Å²) in [6.07, 6.45) is 4.99. The minimum Gasteiger partial charge on any atom is -0.304 e. The topological polar surface area (TPSA) is 6.48 Å². The molecule has 1 aromatic carbocycles. The van der Waals surface area contributed by atoms with E-state index in [0.717, 1.165) is 6.54 Å². The van der Waals surface area contributed by atoms with E-state index in [1.165, 1.54) is 24.1 Å². The van der Waals surface area contributed by atoms with Crippen LogP contribution in [0.3, 0.4) is 0 Å². The van der Waals surface area contributed by atoms with Crippen LogP contribution in [0.1, 0.15) is 46.1 Å². The van der Waals surface area contributed by atoms with E-state index in [9.17, 15) is 0 Å². The summed E-state index contributed by atoms with van der Waals surface area (Å²) in [6.45, 7) is 10.4. The van der Waals surface area contributed by atoms with Crippen molar-refractivity contribution in [3.8, 4) is 0 Å². The standard InChI is InChI=1S/C17H24N2/c1-16(2,3)19-17(4)11-8-12-18(19)15(13-17)14-9-6-5-7-10-14/h5-7,9-10,13H,8,11-12H2,1-4H3. The summed E-state index contributed by atoms with van der Waals surface area (Å²) in [5.74, 6) is 0. The number of benzene rings is 1. The molecule has 0 aliphatic carbocycles. The van der Waals surface area contributed by atoms with E-state index in [-0.39, 0.29) is 11.1 Å².